The van der Waals surface area contributed by atoms with Gasteiger partial charge in [-0.25, -0.2) is 4.79 Å². The van der Waals surface area contributed by atoms with E-state index in [-0.39, 0.29) is 18.5 Å². The first kappa shape index (κ1) is 22.5. The molecule has 2 saturated heterocycles. The summed E-state index contributed by atoms with van der Waals surface area (Å²) in [4.78, 5) is 42.4. The Kier molecular flexibility index (Phi) is 5.85. The number of likely N-dealkylation sites (tertiary alicyclic amines) is 1. The predicted octanol–water partition coefficient (Wildman–Crippen LogP) is 3.63. The topological polar surface area (TPSA) is 88.2 Å². The fourth-order valence-corrected chi connectivity index (χ4v) is 5.17. The summed E-state index contributed by atoms with van der Waals surface area (Å²) in [7, 11) is 0. The van der Waals surface area contributed by atoms with Crippen LogP contribution in [0, 0.1) is 0 Å². The van der Waals surface area contributed by atoms with E-state index in [2.05, 4.69) is 5.32 Å². The molecule has 34 heavy (non-hydrogen) atoms. The van der Waals surface area contributed by atoms with Gasteiger partial charge in [-0.15, -0.1) is 0 Å². The van der Waals surface area contributed by atoms with Gasteiger partial charge in [0.25, 0.3) is 5.91 Å². The Morgan fingerprint density at radius 2 is 1.85 bits per heavy atom. The highest BCUT2D eigenvalue weighted by Gasteiger charge is 2.52. The van der Waals surface area contributed by atoms with Gasteiger partial charge in [-0.3, -0.25) is 14.5 Å². The average molecular weight is 484 g/mol. The third-order valence-corrected chi connectivity index (χ3v) is 7.11. The summed E-state index contributed by atoms with van der Waals surface area (Å²) in [5.41, 5.74) is 0.391. The Labute approximate surface area is 202 Å². The molecule has 2 aromatic rings. The number of benzene rings is 2. The molecule has 0 radical (unpaired) electrons. The van der Waals surface area contributed by atoms with E-state index in [1.54, 1.807) is 29.2 Å². The van der Waals surface area contributed by atoms with Gasteiger partial charge in [0, 0.05) is 11.6 Å². The molecule has 0 saturated carbocycles. The van der Waals surface area contributed by atoms with Crippen molar-refractivity contribution in [3.05, 3.63) is 58.6 Å². The van der Waals surface area contributed by atoms with Crippen molar-refractivity contribution in [1.29, 1.82) is 0 Å². The third-order valence-electron chi connectivity index (χ3n) is 6.86. The lowest BCUT2D eigenvalue weighted by Gasteiger charge is -2.28. The first-order valence-electron chi connectivity index (χ1n) is 11.5. The second kappa shape index (κ2) is 8.83. The number of imide groups is 1. The SMILES string of the molecule is CCC1(c2ccc(Cl)cc2)NC(=O)N(CC(=O)N2CCCC2c2ccc3c(c2)OCCO3)C1=O. The molecule has 0 aliphatic carbocycles. The third kappa shape index (κ3) is 3.76. The molecule has 8 nitrogen and oxygen atoms in total. The second-order valence-corrected chi connectivity index (χ2v) is 9.17. The van der Waals surface area contributed by atoms with E-state index in [9.17, 15) is 14.4 Å². The molecule has 2 fully saturated rings. The van der Waals surface area contributed by atoms with Gasteiger partial charge in [0.2, 0.25) is 5.91 Å². The number of fused-ring (bicyclic) bond motifs is 1. The summed E-state index contributed by atoms with van der Waals surface area (Å²) < 4.78 is 11.3. The van der Waals surface area contributed by atoms with Crippen LogP contribution in [0.1, 0.15) is 43.4 Å². The molecule has 2 aromatic carbocycles. The van der Waals surface area contributed by atoms with Gasteiger partial charge in [0.1, 0.15) is 25.3 Å². The summed E-state index contributed by atoms with van der Waals surface area (Å²) in [6.45, 7) is 3.10. The zero-order valence-electron chi connectivity index (χ0n) is 18.9. The zero-order valence-corrected chi connectivity index (χ0v) is 19.6. The van der Waals surface area contributed by atoms with Crippen molar-refractivity contribution in [1.82, 2.24) is 15.1 Å². The smallest absolute Gasteiger partial charge is 0.325 e. The van der Waals surface area contributed by atoms with Crippen molar-refractivity contribution in [3.8, 4) is 11.5 Å². The molecule has 2 unspecified atom stereocenters. The highest BCUT2D eigenvalue weighted by molar-refractivity contribution is 6.30. The number of nitrogens with one attached hydrogen (secondary N) is 1. The van der Waals surface area contributed by atoms with Crippen LogP contribution in [0.2, 0.25) is 5.02 Å². The van der Waals surface area contributed by atoms with Crippen molar-refractivity contribution < 1.29 is 23.9 Å². The lowest BCUT2D eigenvalue weighted by molar-refractivity contribution is -0.139. The molecule has 0 aromatic heterocycles. The van der Waals surface area contributed by atoms with Crippen LogP contribution >= 0.6 is 11.6 Å². The molecular weight excluding hydrogens is 458 g/mol. The van der Waals surface area contributed by atoms with Gasteiger partial charge < -0.3 is 19.7 Å². The first-order valence-corrected chi connectivity index (χ1v) is 11.9. The normalized spacial score (nSPS) is 23.9. The van der Waals surface area contributed by atoms with E-state index >= 15 is 0 Å². The minimum atomic E-state index is -1.21. The minimum absolute atomic E-state index is 0.142. The fraction of sp³-hybridized carbons (Fsp3) is 0.400. The number of halogens is 1. The molecule has 9 heteroatoms. The maximum Gasteiger partial charge on any atom is 0.325 e. The quantitative estimate of drug-likeness (QED) is 0.656. The van der Waals surface area contributed by atoms with Crippen LogP contribution in [0.4, 0.5) is 4.79 Å². The lowest BCUT2D eigenvalue weighted by atomic mass is 9.87. The van der Waals surface area contributed by atoms with Gasteiger partial charge in [0.05, 0.1) is 6.04 Å². The van der Waals surface area contributed by atoms with Crippen LogP contribution in [0.25, 0.3) is 0 Å². The van der Waals surface area contributed by atoms with Crippen LogP contribution in [0.15, 0.2) is 42.5 Å². The molecular formula is C25H26ClN3O5. The molecule has 5 rings (SSSR count). The molecule has 3 aliphatic heterocycles. The Balaban J connectivity index is 1.35. The molecule has 4 amide bonds. The van der Waals surface area contributed by atoms with Crippen molar-refractivity contribution in [2.75, 3.05) is 26.3 Å². The van der Waals surface area contributed by atoms with E-state index in [0.717, 1.165) is 23.3 Å². The molecule has 3 aliphatic rings. The average Bonchev–Trinajstić information content (AvgIpc) is 3.44. The Hall–Kier alpha value is -3.26. The molecule has 3 heterocycles. The number of amides is 4. The van der Waals surface area contributed by atoms with E-state index in [1.807, 2.05) is 25.1 Å². The van der Waals surface area contributed by atoms with Crippen LogP contribution in [0.5, 0.6) is 11.5 Å². The van der Waals surface area contributed by atoms with Crippen LogP contribution in [-0.2, 0) is 15.1 Å². The summed E-state index contributed by atoms with van der Waals surface area (Å²) >= 11 is 6.00. The maximum atomic E-state index is 13.4. The number of carbonyl (C=O) groups is 3. The number of rotatable bonds is 5. The van der Waals surface area contributed by atoms with Crippen molar-refractivity contribution in [2.24, 2.45) is 0 Å². The van der Waals surface area contributed by atoms with Gasteiger partial charge in [-0.1, -0.05) is 36.7 Å². The van der Waals surface area contributed by atoms with Crippen LogP contribution < -0.4 is 14.8 Å². The van der Waals surface area contributed by atoms with Gasteiger partial charge in [-0.05, 0) is 54.7 Å². The van der Waals surface area contributed by atoms with Gasteiger partial charge in [0.15, 0.2) is 11.5 Å². The summed E-state index contributed by atoms with van der Waals surface area (Å²) in [5.74, 6) is 0.686. The number of urea groups is 1. The number of hydrogen-bond donors (Lipinski definition) is 1. The maximum absolute atomic E-state index is 13.4. The van der Waals surface area contributed by atoms with E-state index in [4.69, 9.17) is 21.1 Å². The number of nitrogens with zero attached hydrogens (tertiary/aromatic N) is 2. The molecule has 178 valence electrons. The van der Waals surface area contributed by atoms with Gasteiger partial charge in [-0.2, -0.15) is 0 Å². The van der Waals surface area contributed by atoms with Crippen LogP contribution in [-0.4, -0.2) is 53.9 Å². The van der Waals surface area contributed by atoms with E-state index in [0.29, 0.717) is 48.3 Å². The monoisotopic (exact) mass is 483 g/mol. The Bertz CT molecular complexity index is 1140. The zero-order chi connectivity index (χ0) is 23.9. The summed E-state index contributed by atoms with van der Waals surface area (Å²) in [6, 6.07) is 11.8. The predicted molar refractivity (Wildman–Crippen MR) is 125 cm³/mol. The highest BCUT2D eigenvalue weighted by Crippen LogP contribution is 2.39. The summed E-state index contributed by atoms with van der Waals surface area (Å²) in [5, 5.41) is 3.36. The molecule has 1 N–H and O–H groups in total. The van der Waals surface area contributed by atoms with Crippen molar-refractivity contribution in [3.63, 3.8) is 0 Å². The highest BCUT2D eigenvalue weighted by atomic mass is 35.5. The number of hydrogen-bond acceptors (Lipinski definition) is 5. The molecule has 2 atom stereocenters. The fourth-order valence-electron chi connectivity index (χ4n) is 5.05. The van der Waals surface area contributed by atoms with E-state index < -0.39 is 17.5 Å². The number of carbonyl (C=O) groups excluding carboxylic acids is 3. The minimum Gasteiger partial charge on any atom is -0.486 e. The molecule has 0 spiro atoms. The van der Waals surface area contributed by atoms with Crippen LogP contribution in [0.3, 0.4) is 0 Å². The standard InChI is InChI=1S/C25H26ClN3O5/c1-2-25(17-6-8-18(26)9-7-17)23(31)29(24(32)27-25)15-22(30)28-11-3-4-19(28)16-5-10-20-21(14-16)34-13-12-33-20/h5-10,14,19H,2-4,11-13,15H2,1H3,(H,27,32). The largest absolute Gasteiger partial charge is 0.486 e. The number of ether oxygens (including phenoxy) is 2. The van der Waals surface area contributed by atoms with Crippen molar-refractivity contribution in [2.45, 2.75) is 37.8 Å². The first-order chi connectivity index (χ1) is 16.4. The van der Waals surface area contributed by atoms with Gasteiger partial charge >= 0.3 is 6.03 Å². The Morgan fingerprint density at radius 1 is 1.12 bits per heavy atom. The molecule has 0 bridgehead atoms. The Morgan fingerprint density at radius 3 is 2.59 bits per heavy atom. The van der Waals surface area contributed by atoms with E-state index in [1.165, 1.54) is 0 Å². The summed E-state index contributed by atoms with van der Waals surface area (Å²) in [6.07, 6.45) is 2.00. The van der Waals surface area contributed by atoms with Crippen molar-refractivity contribution >= 4 is 29.4 Å². The lowest BCUT2D eigenvalue weighted by Crippen LogP contribution is -2.45. The second-order valence-electron chi connectivity index (χ2n) is 8.74.